The van der Waals surface area contributed by atoms with Crippen LogP contribution in [0, 0.1) is 10.1 Å². The van der Waals surface area contributed by atoms with Gasteiger partial charge in [0.25, 0.3) is 5.69 Å². The summed E-state index contributed by atoms with van der Waals surface area (Å²) in [4.78, 5) is 14.4. The van der Waals surface area contributed by atoms with Crippen molar-refractivity contribution < 1.29 is 4.92 Å². The fourth-order valence-electron chi connectivity index (χ4n) is 5.33. The number of nitrogens with one attached hydrogen (secondary N) is 2. The lowest BCUT2D eigenvalue weighted by atomic mass is 9.81. The molecule has 0 unspecified atom stereocenters. The van der Waals surface area contributed by atoms with Crippen LogP contribution >= 0.6 is 0 Å². The van der Waals surface area contributed by atoms with Gasteiger partial charge in [-0.15, -0.1) is 0 Å². The lowest BCUT2D eigenvalue weighted by Gasteiger charge is -2.34. The third-order valence-electron chi connectivity index (χ3n) is 6.84. The molecule has 2 N–H and O–H groups in total. The van der Waals surface area contributed by atoms with Gasteiger partial charge in [0.15, 0.2) is 0 Å². The molecule has 0 radical (unpaired) electrons. The van der Waals surface area contributed by atoms with E-state index in [9.17, 15) is 10.1 Å². The molecule has 5 nitrogen and oxygen atoms in total. The first-order valence-electron chi connectivity index (χ1n) is 10.8. The van der Waals surface area contributed by atoms with Gasteiger partial charge in [-0.25, -0.2) is 0 Å². The number of hydrogen-bond acceptors (Lipinski definition) is 3. The second kappa shape index (κ2) is 7.64. The molecule has 2 aliphatic rings. The minimum Gasteiger partial charge on any atom is -0.357 e. The molecule has 1 saturated carbocycles. The molecule has 0 bridgehead atoms. The maximum absolute atomic E-state index is 11.2. The second-order valence-corrected chi connectivity index (χ2v) is 8.57. The number of aromatic amines is 1. The van der Waals surface area contributed by atoms with Gasteiger partial charge >= 0.3 is 0 Å². The van der Waals surface area contributed by atoms with Crippen LogP contribution < -0.4 is 5.32 Å². The third-order valence-corrected chi connectivity index (χ3v) is 6.84. The van der Waals surface area contributed by atoms with Crippen LogP contribution in [-0.4, -0.2) is 15.9 Å². The predicted molar refractivity (Wildman–Crippen MR) is 115 cm³/mol. The maximum Gasteiger partial charge on any atom is 0.270 e. The predicted octanol–water partition coefficient (Wildman–Crippen LogP) is 5.77. The average Bonchev–Trinajstić information content (AvgIpc) is 3.14. The number of non-ortho nitro benzene ring substituents is 1. The number of nitro benzene ring substituents is 1. The summed E-state index contributed by atoms with van der Waals surface area (Å²) in [5, 5.41) is 16.1. The molecule has 1 heterocycles. The van der Waals surface area contributed by atoms with Crippen molar-refractivity contribution in [2.45, 2.75) is 62.9 Å². The fraction of sp³-hybridized carbons (Fsp3) is 0.417. The van der Waals surface area contributed by atoms with Crippen LogP contribution in [-0.2, 0) is 6.42 Å². The summed E-state index contributed by atoms with van der Waals surface area (Å²) < 4.78 is 0. The van der Waals surface area contributed by atoms with Crippen LogP contribution in [0.3, 0.4) is 0 Å². The highest BCUT2D eigenvalue weighted by Crippen LogP contribution is 2.38. The van der Waals surface area contributed by atoms with E-state index >= 15 is 0 Å². The number of hydrogen-bond donors (Lipinski definition) is 2. The molecule has 29 heavy (non-hydrogen) atoms. The Hall–Kier alpha value is -2.66. The smallest absolute Gasteiger partial charge is 0.270 e. The third kappa shape index (κ3) is 3.55. The van der Waals surface area contributed by atoms with Crippen molar-refractivity contribution in [2.75, 3.05) is 0 Å². The summed E-state index contributed by atoms with van der Waals surface area (Å²) in [5.41, 5.74) is 5.18. The minimum atomic E-state index is -0.303. The highest BCUT2D eigenvalue weighted by atomic mass is 16.6. The lowest BCUT2D eigenvalue weighted by molar-refractivity contribution is -0.384. The number of H-pyrrole nitrogens is 1. The standard InChI is InChI=1S/C24H27N3O2/c28-27(29)19-13-14-22-21(15-19)20-7-4-8-23(24(20)26-22)25-18-11-9-17(10-12-18)16-5-2-1-3-6-16/h1-3,5-6,13-15,17-18,23,25-26H,4,7-12H2/t17?,18?,23-/m1/s1. The molecule has 1 aromatic heterocycles. The minimum absolute atomic E-state index is 0.175. The molecule has 0 amide bonds. The number of aryl methyl sites for hydroxylation is 1. The summed E-state index contributed by atoms with van der Waals surface area (Å²) in [5.74, 6) is 0.685. The van der Waals surface area contributed by atoms with Gasteiger partial charge in [-0.05, 0) is 68.1 Å². The molecule has 0 aliphatic heterocycles. The number of fused-ring (bicyclic) bond motifs is 3. The fourth-order valence-corrected chi connectivity index (χ4v) is 5.33. The van der Waals surface area contributed by atoms with Gasteiger partial charge in [0.05, 0.1) is 4.92 Å². The zero-order valence-electron chi connectivity index (χ0n) is 16.6. The van der Waals surface area contributed by atoms with E-state index in [-0.39, 0.29) is 10.6 Å². The summed E-state index contributed by atoms with van der Waals surface area (Å²) in [7, 11) is 0. The van der Waals surface area contributed by atoms with E-state index in [4.69, 9.17) is 0 Å². The van der Waals surface area contributed by atoms with Crippen molar-refractivity contribution in [2.24, 2.45) is 0 Å². The Morgan fingerprint density at radius 3 is 2.55 bits per heavy atom. The number of rotatable bonds is 4. The summed E-state index contributed by atoms with van der Waals surface area (Å²) in [6.45, 7) is 0. The zero-order chi connectivity index (χ0) is 19.8. The van der Waals surface area contributed by atoms with E-state index < -0.39 is 0 Å². The number of benzene rings is 2. The van der Waals surface area contributed by atoms with E-state index in [1.165, 1.54) is 42.5 Å². The molecule has 2 aliphatic carbocycles. The van der Waals surface area contributed by atoms with Gasteiger partial charge < -0.3 is 10.3 Å². The lowest BCUT2D eigenvalue weighted by Crippen LogP contribution is -2.37. The summed E-state index contributed by atoms with van der Waals surface area (Å²) in [6.07, 6.45) is 8.13. The van der Waals surface area contributed by atoms with Crippen molar-refractivity contribution in [3.8, 4) is 0 Å². The average molecular weight is 389 g/mol. The largest absolute Gasteiger partial charge is 0.357 e. The second-order valence-electron chi connectivity index (χ2n) is 8.57. The van der Waals surface area contributed by atoms with Crippen molar-refractivity contribution >= 4 is 16.6 Å². The molecule has 2 aromatic carbocycles. The van der Waals surface area contributed by atoms with Crippen molar-refractivity contribution in [1.82, 2.24) is 10.3 Å². The maximum atomic E-state index is 11.2. The quantitative estimate of drug-likeness (QED) is 0.439. The molecule has 1 fully saturated rings. The van der Waals surface area contributed by atoms with Gasteiger partial charge in [-0.2, -0.15) is 0 Å². The van der Waals surface area contributed by atoms with E-state index in [0.717, 1.165) is 30.2 Å². The van der Waals surface area contributed by atoms with Crippen LogP contribution in [0.4, 0.5) is 5.69 Å². The molecule has 3 aromatic rings. The molecule has 5 rings (SSSR count). The first-order chi connectivity index (χ1) is 14.2. The number of nitrogens with zero attached hydrogens (tertiary/aromatic N) is 1. The Bertz CT molecular complexity index is 1020. The van der Waals surface area contributed by atoms with E-state index in [1.807, 2.05) is 6.07 Å². The van der Waals surface area contributed by atoms with Gasteiger partial charge in [0, 0.05) is 40.8 Å². The van der Waals surface area contributed by atoms with Crippen LogP contribution in [0.5, 0.6) is 0 Å². The monoisotopic (exact) mass is 389 g/mol. The topological polar surface area (TPSA) is 71.0 Å². The summed E-state index contributed by atoms with van der Waals surface area (Å²) >= 11 is 0. The van der Waals surface area contributed by atoms with Gasteiger partial charge in [0.2, 0.25) is 0 Å². The number of nitro groups is 1. The van der Waals surface area contributed by atoms with Crippen LogP contribution in [0.2, 0.25) is 0 Å². The van der Waals surface area contributed by atoms with Gasteiger partial charge in [-0.3, -0.25) is 10.1 Å². The Morgan fingerprint density at radius 1 is 1.00 bits per heavy atom. The molecular formula is C24H27N3O2. The first-order valence-corrected chi connectivity index (χ1v) is 10.8. The molecule has 1 atom stereocenters. The Labute approximate surface area is 170 Å². The highest BCUT2D eigenvalue weighted by Gasteiger charge is 2.29. The molecular weight excluding hydrogens is 362 g/mol. The van der Waals surface area contributed by atoms with Crippen LogP contribution in [0.1, 0.15) is 67.3 Å². The van der Waals surface area contributed by atoms with E-state index in [0.29, 0.717) is 18.0 Å². The highest BCUT2D eigenvalue weighted by molar-refractivity contribution is 5.87. The zero-order valence-corrected chi connectivity index (χ0v) is 16.6. The molecule has 0 spiro atoms. The molecule has 5 heteroatoms. The Kier molecular flexibility index (Phi) is 4.84. The SMILES string of the molecule is O=[N+]([O-])c1ccc2[nH]c3c(c2c1)CCC[C@H]3NC1CCC(c2ccccc2)CC1. The van der Waals surface area contributed by atoms with Gasteiger partial charge in [0.1, 0.15) is 0 Å². The summed E-state index contributed by atoms with van der Waals surface area (Å²) in [6, 6.07) is 16.9. The Morgan fingerprint density at radius 2 is 1.79 bits per heavy atom. The molecule has 150 valence electrons. The van der Waals surface area contributed by atoms with Crippen molar-refractivity contribution in [3.63, 3.8) is 0 Å². The van der Waals surface area contributed by atoms with E-state index in [2.05, 4.69) is 40.6 Å². The first kappa shape index (κ1) is 18.4. The van der Waals surface area contributed by atoms with Crippen molar-refractivity contribution in [1.29, 1.82) is 0 Å². The van der Waals surface area contributed by atoms with E-state index in [1.54, 1.807) is 12.1 Å². The van der Waals surface area contributed by atoms with Crippen molar-refractivity contribution in [3.05, 3.63) is 75.5 Å². The van der Waals surface area contributed by atoms with Gasteiger partial charge in [-0.1, -0.05) is 30.3 Å². The van der Waals surface area contributed by atoms with Crippen LogP contribution in [0.25, 0.3) is 10.9 Å². The Balaban J connectivity index is 1.31. The number of aromatic nitrogens is 1. The van der Waals surface area contributed by atoms with Crippen LogP contribution in [0.15, 0.2) is 48.5 Å². The normalized spacial score (nSPS) is 24.3. The molecule has 0 saturated heterocycles.